The second-order valence-corrected chi connectivity index (χ2v) is 3.42. The summed E-state index contributed by atoms with van der Waals surface area (Å²) in [5.74, 6) is 0.952. The largest absolute Gasteiger partial charge is 0.394 e. The van der Waals surface area contributed by atoms with Crippen molar-refractivity contribution in [3.05, 3.63) is 24.4 Å². The molecule has 0 amide bonds. The van der Waals surface area contributed by atoms with E-state index in [1.165, 1.54) is 0 Å². The summed E-state index contributed by atoms with van der Waals surface area (Å²) in [6.45, 7) is 2.85. The van der Waals surface area contributed by atoms with Crippen LogP contribution in [0.2, 0.25) is 0 Å². The van der Waals surface area contributed by atoms with Crippen molar-refractivity contribution in [3.63, 3.8) is 0 Å². The zero-order valence-electron chi connectivity index (χ0n) is 8.06. The summed E-state index contributed by atoms with van der Waals surface area (Å²) in [4.78, 5) is 6.44. The van der Waals surface area contributed by atoms with E-state index >= 15 is 0 Å². The molecule has 1 aromatic heterocycles. The average molecular weight is 193 g/mol. The lowest BCUT2D eigenvalue weighted by molar-refractivity contribution is 0.246. The van der Waals surface area contributed by atoms with E-state index in [9.17, 15) is 5.11 Å². The summed E-state index contributed by atoms with van der Waals surface area (Å²) in [6, 6.07) is 6.01. The van der Waals surface area contributed by atoms with E-state index in [2.05, 4.69) is 15.2 Å². The molecule has 1 fully saturated rings. The Labute approximate surface area is 83.6 Å². The van der Waals surface area contributed by atoms with Crippen LogP contribution in [0.4, 0.5) is 5.82 Å². The number of nitrogens with one attached hydrogen (secondary N) is 1. The van der Waals surface area contributed by atoms with Crippen molar-refractivity contribution in [2.24, 2.45) is 0 Å². The van der Waals surface area contributed by atoms with Gasteiger partial charge in [-0.05, 0) is 12.1 Å². The van der Waals surface area contributed by atoms with Crippen LogP contribution < -0.4 is 10.2 Å². The fourth-order valence-electron chi connectivity index (χ4n) is 1.75. The number of aliphatic hydroxyl groups excluding tert-OH is 1. The van der Waals surface area contributed by atoms with Crippen LogP contribution in [-0.2, 0) is 0 Å². The summed E-state index contributed by atoms with van der Waals surface area (Å²) in [5, 5.41) is 12.5. The van der Waals surface area contributed by atoms with Gasteiger partial charge in [0.1, 0.15) is 5.82 Å². The predicted octanol–water partition coefficient (Wildman–Crippen LogP) is -0.148. The van der Waals surface area contributed by atoms with E-state index in [4.69, 9.17) is 0 Å². The molecular formula is C10H15N3O. The van der Waals surface area contributed by atoms with Crippen molar-refractivity contribution in [3.8, 4) is 0 Å². The van der Waals surface area contributed by atoms with Crippen LogP contribution in [0.1, 0.15) is 0 Å². The lowest BCUT2D eigenvalue weighted by Crippen LogP contribution is -2.53. The predicted molar refractivity (Wildman–Crippen MR) is 55.3 cm³/mol. The average Bonchev–Trinajstić information content (AvgIpc) is 2.30. The molecule has 0 radical (unpaired) electrons. The Bertz CT molecular complexity index is 278. The highest BCUT2D eigenvalue weighted by molar-refractivity contribution is 5.40. The van der Waals surface area contributed by atoms with Crippen molar-refractivity contribution >= 4 is 5.82 Å². The van der Waals surface area contributed by atoms with E-state index in [1.807, 2.05) is 18.2 Å². The van der Waals surface area contributed by atoms with E-state index in [-0.39, 0.29) is 12.6 Å². The third-order valence-corrected chi connectivity index (χ3v) is 2.50. The highest BCUT2D eigenvalue weighted by Gasteiger charge is 2.21. The molecule has 14 heavy (non-hydrogen) atoms. The maximum absolute atomic E-state index is 9.21. The molecule has 0 bridgehead atoms. The Balaban J connectivity index is 2.15. The van der Waals surface area contributed by atoms with Crippen molar-refractivity contribution < 1.29 is 5.11 Å². The number of aliphatic hydroxyl groups is 1. The molecule has 2 heterocycles. The van der Waals surface area contributed by atoms with Gasteiger partial charge in [0.15, 0.2) is 0 Å². The van der Waals surface area contributed by atoms with E-state index < -0.39 is 0 Å². The quantitative estimate of drug-likeness (QED) is 0.686. The van der Waals surface area contributed by atoms with Crippen LogP contribution in [0.3, 0.4) is 0 Å². The first-order valence-corrected chi connectivity index (χ1v) is 4.91. The van der Waals surface area contributed by atoms with Gasteiger partial charge in [0.25, 0.3) is 0 Å². The van der Waals surface area contributed by atoms with Gasteiger partial charge in [-0.2, -0.15) is 0 Å². The number of hydrogen-bond donors (Lipinski definition) is 2. The SMILES string of the molecule is OCC1CNCCN1c1ccccn1. The highest BCUT2D eigenvalue weighted by atomic mass is 16.3. The normalized spacial score (nSPS) is 22.4. The number of nitrogens with zero attached hydrogens (tertiary/aromatic N) is 2. The maximum atomic E-state index is 9.21. The molecule has 2 N–H and O–H groups in total. The number of aromatic nitrogens is 1. The molecule has 1 aliphatic heterocycles. The number of pyridine rings is 1. The van der Waals surface area contributed by atoms with Crippen molar-refractivity contribution in [2.45, 2.75) is 6.04 Å². The number of anilines is 1. The summed E-state index contributed by atoms with van der Waals surface area (Å²) in [6.07, 6.45) is 1.78. The Hall–Kier alpha value is -1.13. The van der Waals surface area contributed by atoms with Gasteiger partial charge in [-0.25, -0.2) is 4.98 Å². The number of hydrogen-bond acceptors (Lipinski definition) is 4. The molecule has 76 valence electrons. The van der Waals surface area contributed by atoms with Gasteiger partial charge in [-0.1, -0.05) is 6.07 Å². The van der Waals surface area contributed by atoms with Crippen molar-refractivity contribution in [1.29, 1.82) is 0 Å². The minimum atomic E-state index is 0.152. The molecule has 1 aromatic rings. The van der Waals surface area contributed by atoms with E-state index in [0.717, 1.165) is 25.5 Å². The van der Waals surface area contributed by atoms with Gasteiger partial charge < -0.3 is 15.3 Å². The lowest BCUT2D eigenvalue weighted by Gasteiger charge is -2.35. The molecule has 4 heteroatoms. The van der Waals surface area contributed by atoms with Gasteiger partial charge in [0.05, 0.1) is 12.6 Å². The molecule has 0 saturated carbocycles. The summed E-state index contributed by atoms with van der Waals surface area (Å²) >= 11 is 0. The molecular weight excluding hydrogens is 178 g/mol. The van der Waals surface area contributed by atoms with Crippen molar-refractivity contribution in [1.82, 2.24) is 10.3 Å². The number of piperazine rings is 1. The van der Waals surface area contributed by atoms with Crippen LogP contribution >= 0.6 is 0 Å². The van der Waals surface area contributed by atoms with Crippen LogP contribution in [0.15, 0.2) is 24.4 Å². The first kappa shape index (κ1) is 9.43. The third-order valence-electron chi connectivity index (χ3n) is 2.50. The minimum absolute atomic E-state index is 0.152. The molecule has 1 atom stereocenters. The Morgan fingerprint density at radius 3 is 3.21 bits per heavy atom. The monoisotopic (exact) mass is 193 g/mol. The molecule has 0 spiro atoms. The molecule has 4 nitrogen and oxygen atoms in total. The van der Waals surface area contributed by atoms with E-state index in [0.29, 0.717) is 0 Å². The lowest BCUT2D eigenvalue weighted by atomic mass is 10.2. The Kier molecular flexibility index (Phi) is 2.96. The van der Waals surface area contributed by atoms with Gasteiger partial charge in [-0.15, -0.1) is 0 Å². The Morgan fingerprint density at radius 2 is 2.50 bits per heavy atom. The number of rotatable bonds is 2. The fourth-order valence-corrected chi connectivity index (χ4v) is 1.75. The standard InChI is InChI=1S/C10H15N3O/c14-8-9-7-11-5-6-13(9)10-3-1-2-4-12-10/h1-4,9,11,14H,5-8H2. The van der Waals surface area contributed by atoms with Crippen LogP contribution in [0.25, 0.3) is 0 Å². The summed E-state index contributed by atoms with van der Waals surface area (Å²) in [7, 11) is 0. The zero-order chi connectivity index (χ0) is 9.80. The van der Waals surface area contributed by atoms with Crippen LogP contribution in [0, 0.1) is 0 Å². The highest BCUT2D eigenvalue weighted by Crippen LogP contribution is 2.13. The first-order chi connectivity index (χ1) is 6.92. The molecule has 1 saturated heterocycles. The van der Waals surface area contributed by atoms with Crippen LogP contribution in [0.5, 0.6) is 0 Å². The summed E-state index contributed by atoms with van der Waals surface area (Å²) in [5.41, 5.74) is 0. The summed E-state index contributed by atoms with van der Waals surface area (Å²) < 4.78 is 0. The molecule has 0 aliphatic carbocycles. The first-order valence-electron chi connectivity index (χ1n) is 4.91. The van der Waals surface area contributed by atoms with Gasteiger partial charge in [0.2, 0.25) is 0 Å². The van der Waals surface area contributed by atoms with Gasteiger partial charge in [-0.3, -0.25) is 0 Å². The van der Waals surface area contributed by atoms with Crippen LogP contribution in [-0.4, -0.2) is 42.4 Å². The van der Waals surface area contributed by atoms with Crippen molar-refractivity contribution in [2.75, 3.05) is 31.1 Å². The second kappa shape index (κ2) is 4.39. The molecule has 1 aliphatic rings. The zero-order valence-corrected chi connectivity index (χ0v) is 8.06. The smallest absolute Gasteiger partial charge is 0.128 e. The van der Waals surface area contributed by atoms with Gasteiger partial charge >= 0.3 is 0 Å². The fraction of sp³-hybridized carbons (Fsp3) is 0.500. The third kappa shape index (κ3) is 1.86. The molecule has 1 unspecified atom stereocenters. The maximum Gasteiger partial charge on any atom is 0.128 e. The Morgan fingerprint density at radius 1 is 1.57 bits per heavy atom. The second-order valence-electron chi connectivity index (χ2n) is 3.42. The van der Waals surface area contributed by atoms with Gasteiger partial charge in [0, 0.05) is 25.8 Å². The van der Waals surface area contributed by atoms with E-state index in [1.54, 1.807) is 6.20 Å². The minimum Gasteiger partial charge on any atom is -0.394 e. The topological polar surface area (TPSA) is 48.4 Å². The molecule has 2 rings (SSSR count). The molecule has 0 aromatic carbocycles.